The molecule has 0 amide bonds. The van der Waals surface area contributed by atoms with E-state index in [1.165, 1.54) is 62.6 Å². The highest BCUT2D eigenvalue weighted by atomic mass is 16.7. The zero-order valence-corrected chi connectivity index (χ0v) is 37.1. The molecule has 3 unspecified atom stereocenters. The van der Waals surface area contributed by atoms with Gasteiger partial charge in [-0.15, -0.1) is 0 Å². The van der Waals surface area contributed by atoms with Gasteiger partial charge in [0.2, 0.25) is 5.76 Å². The first-order valence-electron chi connectivity index (χ1n) is 20.9. The van der Waals surface area contributed by atoms with Gasteiger partial charge in [-0.05, 0) is 50.2 Å². The van der Waals surface area contributed by atoms with E-state index in [-0.39, 0.29) is 16.8 Å². The number of carbonyl (C=O) groups excluding carboxylic acids is 8. The molecule has 21 heteroatoms. The average Bonchev–Trinajstić information content (AvgIpc) is 3.88. The zero-order chi connectivity index (χ0) is 48.1. The van der Waals surface area contributed by atoms with Gasteiger partial charge in [0.1, 0.15) is 42.0 Å². The molecular formula is C45H48N2O19. The van der Waals surface area contributed by atoms with Gasteiger partial charge in [-0.2, -0.15) is 0 Å². The Morgan fingerprint density at radius 2 is 1.44 bits per heavy atom. The molecule has 3 aromatic rings. The van der Waals surface area contributed by atoms with Crippen molar-refractivity contribution in [2.75, 3.05) is 13.2 Å². The van der Waals surface area contributed by atoms with Crippen molar-refractivity contribution in [3.05, 3.63) is 83.8 Å². The van der Waals surface area contributed by atoms with Crippen molar-refractivity contribution >= 4 is 47.8 Å². The predicted molar refractivity (Wildman–Crippen MR) is 215 cm³/mol. The molecule has 7 rings (SSSR count). The fourth-order valence-electron chi connectivity index (χ4n) is 10.1. The predicted octanol–water partition coefficient (Wildman–Crippen LogP) is 2.61. The third-order valence-corrected chi connectivity index (χ3v) is 12.9. The highest BCUT2D eigenvalue weighted by molar-refractivity contribution is 5.91. The molecular weight excluding hydrogens is 872 g/mol. The molecule has 1 N–H and O–H groups in total. The van der Waals surface area contributed by atoms with Crippen LogP contribution in [0.3, 0.4) is 0 Å². The molecule has 1 saturated heterocycles. The van der Waals surface area contributed by atoms with Crippen molar-refractivity contribution in [3.63, 3.8) is 0 Å². The van der Waals surface area contributed by atoms with Crippen molar-refractivity contribution in [2.24, 2.45) is 17.3 Å². The van der Waals surface area contributed by atoms with E-state index in [1.54, 1.807) is 6.92 Å². The number of carbonyl (C=O) groups is 8. The number of hydrogen-bond acceptors (Lipinski definition) is 21. The number of aromatic nitrogens is 2. The first-order valence-corrected chi connectivity index (χ1v) is 20.9. The van der Waals surface area contributed by atoms with Crippen LogP contribution in [0.4, 0.5) is 0 Å². The third-order valence-electron chi connectivity index (χ3n) is 12.9. The van der Waals surface area contributed by atoms with Crippen LogP contribution in [0.15, 0.2) is 65.7 Å². The van der Waals surface area contributed by atoms with Gasteiger partial charge >= 0.3 is 47.8 Å². The second kappa shape index (κ2) is 17.6. The van der Waals surface area contributed by atoms with Crippen molar-refractivity contribution in [1.29, 1.82) is 0 Å². The summed E-state index contributed by atoms with van der Waals surface area (Å²) in [5, 5.41) is 13.8. The molecule has 352 valence electrons. The van der Waals surface area contributed by atoms with Crippen LogP contribution < -0.4 is 0 Å². The van der Waals surface area contributed by atoms with E-state index in [4.69, 9.17) is 47.0 Å². The lowest BCUT2D eigenvalue weighted by Crippen LogP contribution is -2.89. The quantitative estimate of drug-likeness (QED) is 0.238. The van der Waals surface area contributed by atoms with Crippen molar-refractivity contribution in [2.45, 2.75) is 115 Å². The van der Waals surface area contributed by atoms with Crippen LogP contribution >= 0.6 is 0 Å². The standard InChI is InChI=1S/C45H48N2O19/c1-21-22(2)38(52)65-35-33(60-24(4)49)37(62-26(6)51)44(20-58-23(3)48)36(61-25(5)50)32(63-39(53)27-12-9-15-46-18-27)30-34(64-41(55)29-14-11-17-57-29)45(44,43(35,8)56)66-42(30,7)19-59-40(54)28-13-10-16-47-31(21)28/h9-18,21-22,30,32-37,56H,19-20H2,1-8H3/t21?,22?,30?,32-,33+,34-,35+,36-,37+,42+,43+,44-,45+/m0/s1. The second-order valence-corrected chi connectivity index (χ2v) is 17.1. The molecule has 3 fully saturated rings. The number of furan rings is 1. The topological polar surface area (TPSA) is 279 Å². The Hall–Kier alpha value is -6.74. The molecule has 4 aliphatic rings. The minimum absolute atomic E-state index is 0.0771. The van der Waals surface area contributed by atoms with Crippen LogP contribution in [0.2, 0.25) is 0 Å². The number of aliphatic hydroxyl groups is 1. The average molecular weight is 921 g/mol. The molecule has 66 heavy (non-hydrogen) atoms. The van der Waals surface area contributed by atoms with Crippen LogP contribution in [0.5, 0.6) is 0 Å². The number of cyclic esters (lactones) is 1. The Morgan fingerprint density at radius 3 is 2.05 bits per heavy atom. The van der Waals surface area contributed by atoms with Crippen molar-refractivity contribution in [3.8, 4) is 0 Å². The number of nitrogens with zero attached hydrogens (tertiary/aromatic N) is 2. The second-order valence-electron chi connectivity index (χ2n) is 17.1. The third kappa shape index (κ3) is 7.72. The van der Waals surface area contributed by atoms with Gasteiger partial charge in [0, 0.05) is 52.2 Å². The maximum Gasteiger partial charge on any atom is 0.374 e. The summed E-state index contributed by atoms with van der Waals surface area (Å²) < 4.78 is 61.4. The summed E-state index contributed by atoms with van der Waals surface area (Å²) in [7, 11) is 0. The van der Waals surface area contributed by atoms with E-state index < -0.39 is 143 Å². The number of esters is 8. The van der Waals surface area contributed by atoms with E-state index in [0.29, 0.717) is 0 Å². The number of hydrogen-bond donors (Lipinski definition) is 1. The maximum absolute atomic E-state index is 14.6. The number of rotatable bonds is 9. The van der Waals surface area contributed by atoms with E-state index in [0.717, 1.165) is 47.1 Å². The summed E-state index contributed by atoms with van der Waals surface area (Å²) in [6.07, 6.45) is -7.63. The first kappa shape index (κ1) is 47.2. The minimum Gasteiger partial charge on any atom is -0.465 e. The van der Waals surface area contributed by atoms with Gasteiger partial charge in [0.05, 0.1) is 34.9 Å². The van der Waals surface area contributed by atoms with Crippen LogP contribution in [-0.4, -0.2) is 129 Å². The highest BCUT2D eigenvalue weighted by Crippen LogP contribution is 2.70. The fourth-order valence-corrected chi connectivity index (χ4v) is 10.1. The molecule has 13 atom stereocenters. The van der Waals surface area contributed by atoms with Gasteiger partial charge in [-0.25, -0.2) is 14.4 Å². The van der Waals surface area contributed by atoms with Gasteiger partial charge in [-0.1, -0.05) is 13.8 Å². The summed E-state index contributed by atoms with van der Waals surface area (Å²) >= 11 is 0. The van der Waals surface area contributed by atoms with Gasteiger partial charge in [0.25, 0.3) is 0 Å². The van der Waals surface area contributed by atoms with Gasteiger partial charge in [0.15, 0.2) is 30.0 Å². The Bertz CT molecular complexity index is 2420. The Morgan fingerprint density at radius 1 is 0.773 bits per heavy atom. The monoisotopic (exact) mass is 920 g/mol. The van der Waals surface area contributed by atoms with Crippen molar-refractivity contribution in [1.82, 2.24) is 9.97 Å². The van der Waals surface area contributed by atoms with E-state index in [1.807, 2.05) is 0 Å². The van der Waals surface area contributed by atoms with E-state index in [9.17, 15) is 43.5 Å². The Labute approximate surface area is 376 Å². The van der Waals surface area contributed by atoms with Crippen LogP contribution in [-0.2, 0) is 66.6 Å². The summed E-state index contributed by atoms with van der Waals surface area (Å²) in [6.45, 7) is 7.37. The van der Waals surface area contributed by atoms with Gasteiger partial charge < -0.3 is 52.2 Å². The summed E-state index contributed by atoms with van der Waals surface area (Å²) in [6, 6.07) is 8.25. The van der Waals surface area contributed by atoms with E-state index >= 15 is 0 Å². The van der Waals surface area contributed by atoms with Gasteiger partial charge in [-0.3, -0.25) is 33.9 Å². The largest absolute Gasteiger partial charge is 0.465 e. The summed E-state index contributed by atoms with van der Waals surface area (Å²) in [4.78, 5) is 120. The number of fused-ring (bicyclic) bond motifs is 5. The molecule has 0 aromatic carbocycles. The summed E-state index contributed by atoms with van der Waals surface area (Å²) in [5.74, 6) is -12.9. The lowest BCUT2D eigenvalue weighted by molar-refractivity contribution is -0.385. The SMILES string of the molecule is CC(=O)OC[C@]12[C@H](OC(C)=O)[C@H](OC(C)=O)[C@H]3OC(=O)C(C)C(C)c4ncccc4C(=O)OC[C@@]4(C)O[C@]1([C@@H](OC(=O)c1ccco1)C4[C@H](OC(=O)c1cccnc1)[C@@H]2OC(C)=O)[C@]3(C)O. The van der Waals surface area contributed by atoms with Crippen LogP contribution in [0.1, 0.15) is 98.3 Å². The highest BCUT2D eigenvalue weighted by Gasteiger charge is 2.92. The van der Waals surface area contributed by atoms with Crippen LogP contribution in [0.25, 0.3) is 0 Å². The number of ether oxygens (including phenoxy) is 9. The molecule has 0 radical (unpaired) electrons. The Kier molecular flexibility index (Phi) is 12.6. The zero-order valence-electron chi connectivity index (χ0n) is 37.1. The molecule has 2 aliphatic heterocycles. The van der Waals surface area contributed by atoms with Crippen LogP contribution in [0, 0.1) is 17.3 Å². The first-order chi connectivity index (χ1) is 31.1. The Balaban J connectivity index is 1.65. The molecule has 5 heterocycles. The lowest BCUT2D eigenvalue weighted by atomic mass is 9.45. The molecule has 4 bridgehead atoms. The minimum atomic E-state index is -2.94. The molecule has 3 aromatic heterocycles. The summed E-state index contributed by atoms with van der Waals surface area (Å²) in [5.41, 5.74) is -10.9. The normalized spacial score (nSPS) is 34.5. The fraction of sp³-hybridized carbons (Fsp3) is 0.511. The smallest absolute Gasteiger partial charge is 0.374 e. The molecule has 2 saturated carbocycles. The lowest BCUT2D eigenvalue weighted by Gasteiger charge is -2.67. The maximum atomic E-state index is 14.6. The molecule has 1 spiro atoms. The number of pyridine rings is 2. The van der Waals surface area contributed by atoms with E-state index in [2.05, 4.69) is 9.97 Å². The molecule has 21 nitrogen and oxygen atoms in total. The van der Waals surface area contributed by atoms with Crippen molar-refractivity contribution < 1.29 is 90.5 Å². The molecule has 2 aliphatic carbocycles.